The van der Waals surface area contributed by atoms with E-state index in [1.54, 1.807) is 19.1 Å². The third-order valence-electron chi connectivity index (χ3n) is 6.50. The second-order valence-corrected chi connectivity index (χ2v) is 9.25. The Labute approximate surface area is 211 Å². The zero-order chi connectivity index (χ0) is 27.0. The standard InChI is InChI=1S/C24H31NO12/c1-9-6-16(28)35-14-7-12(4-5-13(9)14)34-23-17(25-11(3)27)22(19(30)15(8-26)36-23)37-24-21(32)20(31)18(29)10(2)33-24/h4-7,10,15,17-24,26,29-32H,8H2,1-3H3,(H,25,27)/t10-,15-,17-,18+,19+,20-,21-,22+,23+,24-/m0/s1. The number of aliphatic hydroxyl groups is 5. The summed E-state index contributed by atoms with van der Waals surface area (Å²) in [5.74, 6) is -0.339. The van der Waals surface area contributed by atoms with E-state index in [0.29, 0.717) is 10.9 Å². The highest BCUT2D eigenvalue weighted by molar-refractivity contribution is 5.81. The van der Waals surface area contributed by atoms with Crippen molar-refractivity contribution in [3.63, 3.8) is 0 Å². The van der Waals surface area contributed by atoms with Crippen molar-refractivity contribution in [2.24, 2.45) is 0 Å². The Kier molecular flexibility index (Phi) is 8.16. The van der Waals surface area contributed by atoms with Crippen molar-refractivity contribution < 1.29 is 53.7 Å². The molecule has 2 aromatic rings. The van der Waals surface area contributed by atoms with Crippen molar-refractivity contribution >= 4 is 16.9 Å². The monoisotopic (exact) mass is 525 g/mol. The fraction of sp³-hybridized carbons (Fsp3) is 0.583. The molecule has 2 fully saturated rings. The Morgan fingerprint density at radius 2 is 1.76 bits per heavy atom. The summed E-state index contributed by atoms with van der Waals surface area (Å²) in [6, 6.07) is 4.89. The molecule has 204 valence electrons. The van der Waals surface area contributed by atoms with Crippen LogP contribution < -0.4 is 15.7 Å². The van der Waals surface area contributed by atoms with E-state index >= 15 is 0 Å². The molecule has 3 heterocycles. The number of aliphatic hydroxyl groups excluding tert-OH is 5. The summed E-state index contributed by atoms with van der Waals surface area (Å²) < 4.78 is 28.2. The van der Waals surface area contributed by atoms with Crippen LogP contribution >= 0.6 is 0 Å². The van der Waals surface area contributed by atoms with Crippen molar-refractivity contribution in [3.8, 4) is 5.75 Å². The lowest BCUT2D eigenvalue weighted by atomic mass is 9.95. The summed E-state index contributed by atoms with van der Waals surface area (Å²) in [5, 5.41) is 54.5. The van der Waals surface area contributed by atoms with Gasteiger partial charge in [0.2, 0.25) is 12.2 Å². The zero-order valence-corrected chi connectivity index (χ0v) is 20.4. The number of carbonyl (C=O) groups excluding carboxylic acids is 1. The number of ether oxygens (including phenoxy) is 4. The van der Waals surface area contributed by atoms with Crippen LogP contribution in [0, 0.1) is 6.92 Å². The van der Waals surface area contributed by atoms with E-state index in [1.807, 2.05) is 0 Å². The van der Waals surface area contributed by atoms with E-state index in [4.69, 9.17) is 23.4 Å². The van der Waals surface area contributed by atoms with Crippen molar-refractivity contribution in [3.05, 3.63) is 40.2 Å². The van der Waals surface area contributed by atoms with Gasteiger partial charge in [-0.05, 0) is 31.5 Å². The summed E-state index contributed by atoms with van der Waals surface area (Å²) in [4.78, 5) is 23.9. The molecule has 13 heteroatoms. The minimum absolute atomic E-state index is 0.189. The molecule has 10 atom stereocenters. The van der Waals surface area contributed by atoms with Gasteiger partial charge >= 0.3 is 5.63 Å². The van der Waals surface area contributed by atoms with Gasteiger partial charge in [-0.15, -0.1) is 0 Å². The zero-order valence-electron chi connectivity index (χ0n) is 20.4. The summed E-state index contributed by atoms with van der Waals surface area (Å²) in [7, 11) is 0. The SMILES string of the molecule is CC(=O)N[C@@H]1[C@H](Oc2ccc3c(C)cc(=O)oc3c2)O[C@@H](CO)[C@@H](O)[C@@H]1O[C@@H]1O[C@@H](C)[C@@H](O)[C@H](O)[C@@H]1O. The highest BCUT2D eigenvalue weighted by Crippen LogP contribution is 2.31. The van der Waals surface area contributed by atoms with Crippen LogP contribution in [0.3, 0.4) is 0 Å². The average Bonchev–Trinajstić information content (AvgIpc) is 2.84. The number of carbonyl (C=O) groups is 1. The summed E-state index contributed by atoms with van der Waals surface area (Å²) in [6.45, 7) is 3.79. The van der Waals surface area contributed by atoms with E-state index < -0.39 is 79.5 Å². The quantitative estimate of drug-likeness (QED) is 0.234. The van der Waals surface area contributed by atoms with Crippen LogP contribution in [-0.2, 0) is 19.0 Å². The molecule has 2 aliphatic rings. The molecular weight excluding hydrogens is 494 g/mol. The van der Waals surface area contributed by atoms with E-state index in [0.717, 1.165) is 0 Å². The maximum absolute atomic E-state index is 12.1. The van der Waals surface area contributed by atoms with Gasteiger partial charge in [-0.1, -0.05) is 0 Å². The van der Waals surface area contributed by atoms with E-state index in [-0.39, 0.29) is 11.3 Å². The van der Waals surface area contributed by atoms with E-state index in [2.05, 4.69) is 5.32 Å². The number of hydrogen-bond donors (Lipinski definition) is 6. The first-order valence-corrected chi connectivity index (χ1v) is 11.8. The molecule has 1 amide bonds. The molecule has 0 unspecified atom stereocenters. The Balaban J connectivity index is 1.65. The van der Waals surface area contributed by atoms with Crippen LogP contribution in [0.5, 0.6) is 5.75 Å². The number of rotatable bonds is 6. The molecule has 2 aliphatic heterocycles. The van der Waals surface area contributed by atoms with Gasteiger partial charge in [-0.3, -0.25) is 4.79 Å². The molecule has 2 saturated heterocycles. The van der Waals surface area contributed by atoms with Crippen molar-refractivity contribution in [2.45, 2.75) is 82.1 Å². The van der Waals surface area contributed by atoms with Gasteiger partial charge in [0.15, 0.2) is 6.29 Å². The molecule has 0 saturated carbocycles. The van der Waals surface area contributed by atoms with Crippen LogP contribution in [0.4, 0.5) is 0 Å². The number of hydrogen-bond acceptors (Lipinski definition) is 12. The molecule has 0 spiro atoms. The van der Waals surface area contributed by atoms with Gasteiger partial charge in [-0.25, -0.2) is 4.79 Å². The molecule has 0 bridgehead atoms. The number of aryl methyl sites for hydroxylation is 1. The van der Waals surface area contributed by atoms with Gasteiger partial charge in [0.05, 0.1) is 12.7 Å². The number of benzene rings is 1. The van der Waals surface area contributed by atoms with Gasteiger partial charge in [0.25, 0.3) is 0 Å². The lowest BCUT2D eigenvalue weighted by Gasteiger charge is -2.47. The maximum atomic E-state index is 12.1. The van der Waals surface area contributed by atoms with Crippen molar-refractivity contribution in [1.29, 1.82) is 0 Å². The van der Waals surface area contributed by atoms with E-state index in [1.165, 1.54) is 26.0 Å². The van der Waals surface area contributed by atoms with Gasteiger partial charge < -0.3 is 54.2 Å². The van der Waals surface area contributed by atoms with Crippen molar-refractivity contribution in [1.82, 2.24) is 5.32 Å². The van der Waals surface area contributed by atoms with Crippen LogP contribution in [-0.4, -0.2) is 99.4 Å². The lowest BCUT2D eigenvalue weighted by Crippen LogP contribution is -2.68. The Morgan fingerprint density at radius 1 is 1.03 bits per heavy atom. The van der Waals surface area contributed by atoms with Crippen LogP contribution in [0.25, 0.3) is 11.0 Å². The maximum Gasteiger partial charge on any atom is 0.336 e. The first-order chi connectivity index (χ1) is 17.5. The second kappa shape index (κ2) is 11.0. The first-order valence-electron chi connectivity index (χ1n) is 11.8. The Morgan fingerprint density at radius 3 is 2.43 bits per heavy atom. The number of nitrogens with one attached hydrogen (secondary N) is 1. The lowest BCUT2D eigenvalue weighted by molar-refractivity contribution is -0.335. The largest absolute Gasteiger partial charge is 0.462 e. The molecule has 1 aromatic heterocycles. The van der Waals surface area contributed by atoms with Crippen LogP contribution in [0.15, 0.2) is 33.5 Å². The van der Waals surface area contributed by atoms with Gasteiger partial charge in [0, 0.05) is 24.4 Å². The van der Waals surface area contributed by atoms with Crippen LogP contribution in [0.1, 0.15) is 19.4 Å². The number of fused-ring (bicyclic) bond motifs is 1. The molecular formula is C24H31NO12. The molecule has 0 aliphatic carbocycles. The molecule has 13 nitrogen and oxygen atoms in total. The average molecular weight is 526 g/mol. The van der Waals surface area contributed by atoms with Gasteiger partial charge in [-0.2, -0.15) is 0 Å². The Bertz CT molecular complexity index is 1170. The fourth-order valence-electron chi connectivity index (χ4n) is 4.51. The topological polar surface area (TPSA) is 197 Å². The third kappa shape index (κ3) is 5.63. The molecule has 37 heavy (non-hydrogen) atoms. The second-order valence-electron chi connectivity index (χ2n) is 9.25. The fourth-order valence-corrected chi connectivity index (χ4v) is 4.51. The first kappa shape index (κ1) is 27.4. The summed E-state index contributed by atoms with van der Waals surface area (Å²) in [6.07, 6.45) is -12.5. The summed E-state index contributed by atoms with van der Waals surface area (Å²) in [5.41, 5.74) is 0.408. The predicted octanol–water partition coefficient (Wildman–Crippen LogP) is -1.72. The minimum Gasteiger partial charge on any atom is -0.462 e. The highest BCUT2D eigenvalue weighted by Gasteiger charge is 2.51. The number of amides is 1. The molecule has 6 N–H and O–H groups in total. The highest BCUT2D eigenvalue weighted by atomic mass is 16.7. The van der Waals surface area contributed by atoms with Crippen molar-refractivity contribution in [2.75, 3.05) is 6.61 Å². The van der Waals surface area contributed by atoms with Gasteiger partial charge in [0.1, 0.15) is 54.0 Å². The Hall–Kier alpha value is -2.62. The normalized spacial score (nSPS) is 36.3. The molecule has 0 radical (unpaired) electrons. The molecule has 1 aromatic carbocycles. The van der Waals surface area contributed by atoms with E-state index in [9.17, 15) is 35.1 Å². The third-order valence-corrected chi connectivity index (χ3v) is 6.50. The summed E-state index contributed by atoms with van der Waals surface area (Å²) >= 11 is 0. The smallest absolute Gasteiger partial charge is 0.336 e. The minimum atomic E-state index is -1.68. The molecule has 4 rings (SSSR count). The predicted molar refractivity (Wildman–Crippen MR) is 124 cm³/mol. The van der Waals surface area contributed by atoms with Crippen LogP contribution in [0.2, 0.25) is 0 Å².